The third-order valence-electron chi connectivity index (χ3n) is 12.6. The first-order valence-corrected chi connectivity index (χ1v) is 23.0. The molecule has 10 nitrogen and oxygen atoms in total. The van der Waals surface area contributed by atoms with Gasteiger partial charge in [0.15, 0.2) is 22.8 Å². The van der Waals surface area contributed by atoms with Crippen molar-refractivity contribution in [2.24, 2.45) is 0 Å². The van der Waals surface area contributed by atoms with Crippen molar-refractivity contribution in [1.29, 1.82) is 0 Å². The number of phenolic OH excluding ortho intramolecular Hbond substituents is 1. The number of para-hydroxylation sites is 9. The Morgan fingerprint density at radius 2 is 0.871 bits per heavy atom. The monoisotopic (exact) mass is 904 g/mol. The zero-order valence-electron chi connectivity index (χ0n) is 37.4. The number of benzene rings is 8. The Kier molecular flexibility index (Phi) is 9.72. The quantitative estimate of drug-likeness (QED) is 0.153. The number of imidazole rings is 2. The number of rotatable bonds is 9. The average molecular weight is 905 g/mol. The number of pyridine rings is 2. The standard InChI is InChI=1S/C60H40N8O2/c69-54-29-13-10-26-51(54)65(44-18-4-1-5-19-44)47-36-40(34-42(38-47)57-63-49-24-16-32-61-59(49)67(57)45-20-6-2-7-21-45)41-35-43(58-64-50-25-17-33-62-60(50)68(58)46-22-8-3-9-23-46)39-48(37-41)66-52-27-11-14-30-55(52)70-56-31-15-12-28-53(56)66/h1-39,69H. The highest BCUT2D eigenvalue weighted by molar-refractivity contribution is 5.93. The molecule has 0 amide bonds. The topological polar surface area (TPSA) is 97.4 Å². The fraction of sp³-hybridized carbons (Fsp3) is 0. The average Bonchev–Trinajstić information content (AvgIpc) is 4.01. The van der Waals surface area contributed by atoms with Crippen molar-refractivity contribution in [3.63, 3.8) is 0 Å². The van der Waals surface area contributed by atoms with Crippen LogP contribution in [0.2, 0.25) is 0 Å². The SMILES string of the molecule is Oc1ccccc1N(c1ccccc1)c1cc(-c2cc(-c3nc4cccnc4n3-c3ccccc3)cc(N3c4ccccc4Oc4ccccc43)c2)cc(-c2nc3cccnc3n2-c2ccccc2)c1. The molecule has 70 heavy (non-hydrogen) atoms. The molecule has 13 rings (SSSR count). The summed E-state index contributed by atoms with van der Waals surface area (Å²) in [7, 11) is 0. The lowest BCUT2D eigenvalue weighted by atomic mass is 9.97. The molecule has 1 aliphatic rings. The second kappa shape index (κ2) is 16.8. The summed E-state index contributed by atoms with van der Waals surface area (Å²) in [5.41, 5.74) is 13.3. The molecule has 8 aromatic carbocycles. The summed E-state index contributed by atoms with van der Waals surface area (Å²) in [6.07, 6.45) is 3.61. The van der Waals surface area contributed by atoms with E-state index in [1.165, 1.54) is 0 Å². The van der Waals surface area contributed by atoms with E-state index >= 15 is 0 Å². The van der Waals surface area contributed by atoms with Crippen LogP contribution in [0.4, 0.5) is 34.1 Å². The van der Waals surface area contributed by atoms with Crippen molar-refractivity contribution in [2.45, 2.75) is 0 Å². The van der Waals surface area contributed by atoms with Crippen LogP contribution >= 0.6 is 0 Å². The van der Waals surface area contributed by atoms with Gasteiger partial charge in [0.1, 0.15) is 28.4 Å². The van der Waals surface area contributed by atoms with Crippen LogP contribution in [0.5, 0.6) is 17.2 Å². The van der Waals surface area contributed by atoms with Gasteiger partial charge in [0.25, 0.3) is 0 Å². The van der Waals surface area contributed by atoms with E-state index in [1.807, 2.05) is 140 Å². The van der Waals surface area contributed by atoms with Crippen LogP contribution in [0, 0.1) is 0 Å². The highest BCUT2D eigenvalue weighted by Crippen LogP contribution is 2.52. The molecule has 10 heteroatoms. The van der Waals surface area contributed by atoms with Gasteiger partial charge in [-0.3, -0.25) is 9.13 Å². The van der Waals surface area contributed by atoms with Gasteiger partial charge in [0.2, 0.25) is 0 Å². The molecule has 0 saturated heterocycles. The van der Waals surface area contributed by atoms with Gasteiger partial charge in [0.05, 0.1) is 17.1 Å². The molecule has 0 unspecified atom stereocenters. The van der Waals surface area contributed by atoms with E-state index in [0.29, 0.717) is 11.5 Å². The Morgan fingerprint density at radius 1 is 0.400 bits per heavy atom. The minimum absolute atomic E-state index is 0.140. The molecule has 0 radical (unpaired) electrons. The Hall–Kier alpha value is -9.80. The second-order valence-electron chi connectivity index (χ2n) is 17.0. The molecular weight excluding hydrogens is 865 g/mol. The fourth-order valence-electron chi connectivity index (χ4n) is 9.57. The van der Waals surface area contributed by atoms with Crippen molar-refractivity contribution < 1.29 is 9.84 Å². The van der Waals surface area contributed by atoms with Crippen LogP contribution in [-0.2, 0) is 0 Å². The lowest BCUT2D eigenvalue weighted by Crippen LogP contribution is -2.16. The lowest BCUT2D eigenvalue weighted by molar-refractivity contribution is 0.476. The van der Waals surface area contributed by atoms with Gasteiger partial charge in [-0.1, -0.05) is 91.0 Å². The van der Waals surface area contributed by atoms with E-state index in [2.05, 4.69) is 104 Å². The molecule has 0 saturated carbocycles. The van der Waals surface area contributed by atoms with Gasteiger partial charge in [-0.25, -0.2) is 19.9 Å². The highest BCUT2D eigenvalue weighted by atomic mass is 16.5. The van der Waals surface area contributed by atoms with Gasteiger partial charge >= 0.3 is 0 Å². The number of phenols is 1. The number of ether oxygens (including phenoxy) is 1. The van der Waals surface area contributed by atoms with Crippen molar-refractivity contribution in [1.82, 2.24) is 29.1 Å². The number of fused-ring (bicyclic) bond motifs is 4. The summed E-state index contributed by atoms with van der Waals surface area (Å²) in [5, 5.41) is 11.7. The molecule has 12 aromatic rings. The summed E-state index contributed by atoms with van der Waals surface area (Å²) in [4.78, 5) is 24.8. The van der Waals surface area contributed by atoms with Crippen molar-refractivity contribution in [3.05, 3.63) is 237 Å². The van der Waals surface area contributed by atoms with E-state index in [1.54, 1.807) is 12.3 Å². The maximum Gasteiger partial charge on any atom is 0.164 e. The Morgan fingerprint density at radius 3 is 1.46 bits per heavy atom. The van der Waals surface area contributed by atoms with Crippen LogP contribution in [0.3, 0.4) is 0 Å². The predicted molar refractivity (Wildman–Crippen MR) is 279 cm³/mol. The first kappa shape index (κ1) is 40.5. The van der Waals surface area contributed by atoms with Gasteiger partial charge in [-0.05, 0) is 145 Å². The number of aromatic hydroxyl groups is 1. The van der Waals surface area contributed by atoms with E-state index in [9.17, 15) is 5.11 Å². The van der Waals surface area contributed by atoms with E-state index in [0.717, 1.165) is 102 Å². The molecule has 0 atom stereocenters. The number of aromatic nitrogens is 6. The molecular formula is C60H40N8O2. The smallest absolute Gasteiger partial charge is 0.164 e. The molecule has 0 spiro atoms. The Labute approximate surface area is 402 Å². The van der Waals surface area contributed by atoms with Crippen LogP contribution < -0.4 is 14.5 Å². The van der Waals surface area contributed by atoms with Crippen molar-refractivity contribution in [3.8, 4) is 62.5 Å². The van der Waals surface area contributed by atoms with Gasteiger partial charge in [0, 0.05) is 52.0 Å². The van der Waals surface area contributed by atoms with E-state index in [4.69, 9.17) is 24.7 Å². The van der Waals surface area contributed by atoms with Crippen molar-refractivity contribution in [2.75, 3.05) is 9.80 Å². The van der Waals surface area contributed by atoms with E-state index < -0.39 is 0 Å². The Bertz CT molecular complexity index is 3680. The first-order valence-electron chi connectivity index (χ1n) is 23.0. The predicted octanol–water partition coefficient (Wildman–Crippen LogP) is 14.9. The van der Waals surface area contributed by atoms with Gasteiger partial charge in [-0.15, -0.1) is 0 Å². The summed E-state index contributed by atoms with van der Waals surface area (Å²) in [6, 6.07) is 75.3. The fourth-order valence-corrected chi connectivity index (χ4v) is 9.57. The lowest BCUT2D eigenvalue weighted by Gasteiger charge is -2.33. The Balaban J connectivity index is 1.13. The molecule has 332 valence electrons. The maximum absolute atomic E-state index is 11.7. The molecule has 0 fully saturated rings. The van der Waals surface area contributed by atoms with Gasteiger partial charge < -0.3 is 19.6 Å². The summed E-state index contributed by atoms with van der Waals surface area (Å²) in [6.45, 7) is 0. The molecule has 4 aromatic heterocycles. The number of nitrogens with zero attached hydrogens (tertiary/aromatic N) is 8. The summed E-state index contributed by atoms with van der Waals surface area (Å²) < 4.78 is 10.8. The number of hydrogen-bond donors (Lipinski definition) is 1. The number of hydrogen-bond acceptors (Lipinski definition) is 8. The second-order valence-corrected chi connectivity index (χ2v) is 17.0. The van der Waals surface area contributed by atoms with Gasteiger partial charge in [-0.2, -0.15) is 0 Å². The van der Waals surface area contributed by atoms with Crippen LogP contribution in [0.25, 0.3) is 67.6 Å². The molecule has 0 bridgehead atoms. The van der Waals surface area contributed by atoms with Crippen LogP contribution in [0.15, 0.2) is 237 Å². The highest BCUT2D eigenvalue weighted by Gasteiger charge is 2.28. The van der Waals surface area contributed by atoms with Crippen molar-refractivity contribution >= 4 is 56.5 Å². The maximum atomic E-state index is 11.7. The van der Waals surface area contributed by atoms with Crippen LogP contribution in [-0.4, -0.2) is 34.2 Å². The number of anilines is 6. The normalized spacial score (nSPS) is 11.9. The van der Waals surface area contributed by atoms with E-state index in [-0.39, 0.29) is 5.75 Å². The molecule has 5 heterocycles. The zero-order chi connectivity index (χ0) is 46.5. The molecule has 1 aliphatic heterocycles. The minimum atomic E-state index is 0.140. The van der Waals surface area contributed by atoms with Crippen LogP contribution in [0.1, 0.15) is 0 Å². The molecule has 1 N–H and O–H groups in total. The molecule has 0 aliphatic carbocycles. The largest absolute Gasteiger partial charge is 0.506 e. The minimum Gasteiger partial charge on any atom is -0.506 e. The summed E-state index contributed by atoms with van der Waals surface area (Å²) >= 11 is 0. The first-order chi connectivity index (χ1) is 34.6. The third kappa shape index (κ3) is 6.98. The third-order valence-corrected chi connectivity index (χ3v) is 12.6. The summed E-state index contributed by atoms with van der Waals surface area (Å²) in [5.74, 6) is 3.06. The zero-order valence-corrected chi connectivity index (χ0v) is 37.4.